The van der Waals surface area contributed by atoms with Crippen molar-refractivity contribution in [1.82, 2.24) is 15.0 Å². The van der Waals surface area contributed by atoms with E-state index >= 15 is 0 Å². The van der Waals surface area contributed by atoms with E-state index in [4.69, 9.17) is 9.26 Å². The molecular formula is C26H25N3O3S. The maximum Gasteiger partial charge on any atom is 0.311 e. The summed E-state index contributed by atoms with van der Waals surface area (Å²) in [5, 5.41) is 6.23. The van der Waals surface area contributed by atoms with Gasteiger partial charge in [0.15, 0.2) is 0 Å². The molecule has 0 saturated carbocycles. The fourth-order valence-corrected chi connectivity index (χ4v) is 4.87. The Bertz CT molecular complexity index is 1210. The Morgan fingerprint density at radius 1 is 1.09 bits per heavy atom. The standard InChI is InChI=1S/C26H25N3O3S/c1-2-31-26(30)22-14-29(15-22)16-23-13-21(17-33-23)24-27-25(32-28-24)20-10-8-19(9-11-20)12-18-6-4-3-5-7-18/h3-11,13,17,22H,2,12,14-16H2,1H3. The molecule has 0 spiro atoms. The molecule has 1 aliphatic heterocycles. The average Bonchev–Trinajstić information content (AvgIpc) is 3.47. The highest BCUT2D eigenvalue weighted by Crippen LogP contribution is 2.29. The van der Waals surface area contributed by atoms with E-state index in [1.807, 2.05) is 25.1 Å². The Labute approximate surface area is 196 Å². The Morgan fingerprint density at radius 2 is 1.85 bits per heavy atom. The zero-order valence-electron chi connectivity index (χ0n) is 18.4. The van der Waals surface area contributed by atoms with E-state index in [0.717, 1.165) is 37.2 Å². The molecule has 1 saturated heterocycles. The lowest BCUT2D eigenvalue weighted by atomic mass is 10.0. The smallest absolute Gasteiger partial charge is 0.311 e. The minimum Gasteiger partial charge on any atom is -0.466 e. The number of benzene rings is 2. The SMILES string of the molecule is CCOC(=O)C1CN(Cc2cc(-c3noc(-c4ccc(Cc5ccccc5)cc4)n3)cs2)C1. The molecule has 0 amide bonds. The summed E-state index contributed by atoms with van der Waals surface area (Å²) in [5.74, 6) is 1.02. The first-order chi connectivity index (χ1) is 16.2. The zero-order chi connectivity index (χ0) is 22.6. The van der Waals surface area contributed by atoms with Crippen LogP contribution < -0.4 is 0 Å². The van der Waals surface area contributed by atoms with Gasteiger partial charge in [0, 0.05) is 41.0 Å². The van der Waals surface area contributed by atoms with Gasteiger partial charge in [-0.3, -0.25) is 9.69 Å². The Kier molecular flexibility index (Phi) is 6.32. The molecule has 33 heavy (non-hydrogen) atoms. The Morgan fingerprint density at radius 3 is 2.61 bits per heavy atom. The highest BCUT2D eigenvalue weighted by Gasteiger charge is 2.33. The third-order valence-electron chi connectivity index (χ3n) is 5.75. The van der Waals surface area contributed by atoms with Crippen LogP contribution in [0.4, 0.5) is 0 Å². The minimum atomic E-state index is -0.0898. The van der Waals surface area contributed by atoms with Crippen LogP contribution in [0.5, 0.6) is 0 Å². The van der Waals surface area contributed by atoms with Gasteiger partial charge in [0.25, 0.3) is 5.89 Å². The predicted molar refractivity (Wildman–Crippen MR) is 128 cm³/mol. The third kappa shape index (κ3) is 5.05. The summed E-state index contributed by atoms with van der Waals surface area (Å²) < 4.78 is 10.6. The molecule has 5 rings (SSSR count). The molecule has 2 aromatic carbocycles. The molecular weight excluding hydrogens is 434 g/mol. The second-order valence-electron chi connectivity index (χ2n) is 8.23. The van der Waals surface area contributed by atoms with Gasteiger partial charge >= 0.3 is 5.97 Å². The van der Waals surface area contributed by atoms with Gasteiger partial charge in [0.05, 0.1) is 12.5 Å². The summed E-state index contributed by atoms with van der Waals surface area (Å²) in [6, 6.07) is 20.8. The number of aromatic nitrogens is 2. The Balaban J connectivity index is 1.19. The first-order valence-electron chi connectivity index (χ1n) is 11.1. The number of hydrogen-bond donors (Lipinski definition) is 0. The van der Waals surface area contributed by atoms with Crippen LogP contribution in [0.2, 0.25) is 0 Å². The van der Waals surface area contributed by atoms with E-state index in [1.165, 1.54) is 16.0 Å². The maximum atomic E-state index is 11.8. The molecule has 7 heteroatoms. The van der Waals surface area contributed by atoms with E-state index in [2.05, 4.69) is 62.9 Å². The molecule has 0 bridgehead atoms. The molecule has 2 aromatic heterocycles. The van der Waals surface area contributed by atoms with Gasteiger partial charge in [-0.25, -0.2) is 0 Å². The quantitative estimate of drug-likeness (QED) is 0.344. The summed E-state index contributed by atoms with van der Waals surface area (Å²) >= 11 is 1.67. The lowest BCUT2D eigenvalue weighted by molar-refractivity contribution is -0.154. The topological polar surface area (TPSA) is 68.5 Å². The van der Waals surface area contributed by atoms with Crippen molar-refractivity contribution in [3.8, 4) is 22.8 Å². The minimum absolute atomic E-state index is 0.00299. The van der Waals surface area contributed by atoms with Crippen molar-refractivity contribution >= 4 is 17.3 Å². The number of esters is 1. The second kappa shape index (κ2) is 9.68. The average molecular weight is 460 g/mol. The van der Waals surface area contributed by atoms with E-state index in [0.29, 0.717) is 18.3 Å². The van der Waals surface area contributed by atoms with E-state index in [9.17, 15) is 4.79 Å². The number of ether oxygens (including phenoxy) is 1. The molecule has 0 N–H and O–H groups in total. The molecule has 1 fully saturated rings. The van der Waals surface area contributed by atoms with Crippen LogP contribution >= 0.6 is 11.3 Å². The van der Waals surface area contributed by atoms with Crippen molar-refractivity contribution in [2.75, 3.05) is 19.7 Å². The van der Waals surface area contributed by atoms with Crippen molar-refractivity contribution in [2.45, 2.75) is 19.9 Å². The van der Waals surface area contributed by atoms with E-state index < -0.39 is 0 Å². The van der Waals surface area contributed by atoms with E-state index in [1.54, 1.807) is 11.3 Å². The van der Waals surface area contributed by atoms with Gasteiger partial charge in [-0.2, -0.15) is 4.98 Å². The van der Waals surface area contributed by atoms with Crippen LogP contribution in [0, 0.1) is 5.92 Å². The van der Waals surface area contributed by atoms with Crippen LogP contribution in [0.3, 0.4) is 0 Å². The summed E-state index contributed by atoms with van der Waals surface area (Å²) in [6.45, 7) is 4.59. The van der Waals surface area contributed by atoms with Crippen LogP contribution in [-0.4, -0.2) is 40.7 Å². The fraction of sp³-hybridized carbons (Fsp3) is 0.269. The molecule has 3 heterocycles. The second-order valence-corrected chi connectivity index (χ2v) is 9.22. The number of nitrogens with zero attached hydrogens (tertiary/aromatic N) is 3. The van der Waals surface area contributed by atoms with Crippen molar-refractivity contribution in [3.63, 3.8) is 0 Å². The van der Waals surface area contributed by atoms with Crippen molar-refractivity contribution in [3.05, 3.63) is 82.0 Å². The fourth-order valence-electron chi connectivity index (χ4n) is 3.96. The van der Waals surface area contributed by atoms with Crippen LogP contribution in [0.25, 0.3) is 22.8 Å². The number of rotatable bonds is 8. The summed E-state index contributed by atoms with van der Waals surface area (Å²) in [4.78, 5) is 19.8. The van der Waals surface area contributed by atoms with Crippen molar-refractivity contribution in [2.24, 2.45) is 5.92 Å². The Hall–Kier alpha value is -3.29. The number of hydrogen-bond acceptors (Lipinski definition) is 7. The normalized spacial score (nSPS) is 14.2. The number of thiophene rings is 1. The molecule has 4 aromatic rings. The van der Waals surface area contributed by atoms with Crippen LogP contribution in [-0.2, 0) is 22.5 Å². The lowest BCUT2D eigenvalue weighted by Gasteiger charge is -2.37. The highest BCUT2D eigenvalue weighted by molar-refractivity contribution is 7.10. The number of likely N-dealkylation sites (tertiary alicyclic amines) is 1. The lowest BCUT2D eigenvalue weighted by Crippen LogP contribution is -2.50. The molecule has 0 aliphatic carbocycles. The maximum absolute atomic E-state index is 11.8. The van der Waals surface area contributed by atoms with Crippen molar-refractivity contribution in [1.29, 1.82) is 0 Å². The highest BCUT2D eigenvalue weighted by atomic mass is 32.1. The first-order valence-corrected chi connectivity index (χ1v) is 12.0. The molecule has 168 valence electrons. The van der Waals surface area contributed by atoms with Crippen LogP contribution in [0.1, 0.15) is 22.9 Å². The monoisotopic (exact) mass is 459 g/mol. The van der Waals surface area contributed by atoms with Crippen molar-refractivity contribution < 1.29 is 14.1 Å². The van der Waals surface area contributed by atoms with Gasteiger partial charge < -0.3 is 9.26 Å². The van der Waals surface area contributed by atoms with Gasteiger partial charge in [-0.05, 0) is 42.7 Å². The van der Waals surface area contributed by atoms with Gasteiger partial charge in [-0.15, -0.1) is 11.3 Å². The van der Waals surface area contributed by atoms with Crippen LogP contribution in [0.15, 0.2) is 70.6 Å². The first kappa shape index (κ1) is 21.6. The summed E-state index contributed by atoms with van der Waals surface area (Å²) in [5.41, 5.74) is 4.39. The molecule has 0 radical (unpaired) electrons. The third-order valence-corrected chi connectivity index (χ3v) is 6.67. The largest absolute Gasteiger partial charge is 0.466 e. The van der Waals surface area contributed by atoms with E-state index in [-0.39, 0.29) is 11.9 Å². The van der Waals surface area contributed by atoms with Gasteiger partial charge in [0.2, 0.25) is 5.82 Å². The predicted octanol–water partition coefficient (Wildman–Crippen LogP) is 5.05. The number of carbonyl (C=O) groups excluding carboxylic acids is 1. The zero-order valence-corrected chi connectivity index (χ0v) is 19.3. The summed E-state index contributed by atoms with van der Waals surface area (Å²) in [6.07, 6.45) is 0.894. The molecule has 1 aliphatic rings. The summed E-state index contributed by atoms with van der Waals surface area (Å²) in [7, 11) is 0. The molecule has 6 nitrogen and oxygen atoms in total. The molecule has 0 atom stereocenters. The number of carbonyl (C=O) groups is 1. The van der Waals surface area contributed by atoms with Gasteiger partial charge in [-0.1, -0.05) is 47.6 Å². The van der Waals surface area contributed by atoms with Gasteiger partial charge in [0.1, 0.15) is 0 Å². The molecule has 0 unspecified atom stereocenters.